The van der Waals surface area contributed by atoms with Gasteiger partial charge in [0.2, 0.25) is 5.91 Å². The number of ether oxygens (including phenoxy) is 1. The second-order valence-corrected chi connectivity index (χ2v) is 7.89. The molecule has 2 amide bonds. The molecule has 29 heavy (non-hydrogen) atoms. The lowest BCUT2D eigenvalue weighted by molar-refractivity contribution is -0.132. The van der Waals surface area contributed by atoms with Crippen molar-refractivity contribution in [3.05, 3.63) is 59.7 Å². The number of aryl methyl sites for hydroxylation is 1. The van der Waals surface area contributed by atoms with E-state index in [9.17, 15) is 9.59 Å². The zero-order valence-corrected chi connectivity index (χ0v) is 17.7. The van der Waals surface area contributed by atoms with Crippen LogP contribution >= 0.6 is 12.6 Å². The third-order valence-corrected chi connectivity index (χ3v) is 5.55. The monoisotopic (exact) mass is 412 g/mol. The summed E-state index contributed by atoms with van der Waals surface area (Å²) in [5, 5.41) is 3.06. The maximum absolute atomic E-state index is 12.4. The highest BCUT2D eigenvalue weighted by atomic mass is 32.1. The fraction of sp³-hybridized carbons (Fsp3) is 0.391. The van der Waals surface area contributed by atoms with Gasteiger partial charge in [0.1, 0.15) is 5.75 Å². The van der Waals surface area contributed by atoms with Crippen LogP contribution in [0.3, 0.4) is 0 Å². The first-order valence-corrected chi connectivity index (χ1v) is 10.5. The number of rotatable bonds is 7. The van der Waals surface area contributed by atoms with Crippen LogP contribution in [0.5, 0.6) is 5.75 Å². The van der Waals surface area contributed by atoms with Crippen molar-refractivity contribution in [3.8, 4) is 5.75 Å². The van der Waals surface area contributed by atoms with Crippen LogP contribution < -0.4 is 10.1 Å². The fourth-order valence-corrected chi connectivity index (χ4v) is 3.67. The molecule has 0 radical (unpaired) electrons. The topological polar surface area (TPSA) is 58.6 Å². The van der Waals surface area contributed by atoms with E-state index in [1.807, 2.05) is 54.3 Å². The van der Waals surface area contributed by atoms with Crippen molar-refractivity contribution in [3.63, 3.8) is 0 Å². The molecule has 3 rings (SSSR count). The van der Waals surface area contributed by atoms with E-state index in [0.717, 1.165) is 18.6 Å². The average Bonchev–Trinajstić information content (AvgIpc) is 2.73. The van der Waals surface area contributed by atoms with Gasteiger partial charge in [-0.25, -0.2) is 0 Å². The summed E-state index contributed by atoms with van der Waals surface area (Å²) in [7, 11) is 0. The number of benzene rings is 2. The highest BCUT2D eigenvalue weighted by Crippen LogP contribution is 2.17. The summed E-state index contributed by atoms with van der Waals surface area (Å²) in [4.78, 5) is 27.4. The number of nitrogens with one attached hydrogen (secondary N) is 1. The van der Waals surface area contributed by atoms with Gasteiger partial charge in [0.05, 0.1) is 12.2 Å². The summed E-state index contributed by atoms with van der Waals surface area (Å²) in [6.07, 6.45) is 2.72. The molecule has 2 aromatic carbocycles. The molecular formula is C23H28N2O3S. The van der Waals surface area contributed by atoms with Gasteiger partial charge >= 0.3 is 0 Å². The van der Waals surface area contributed by atoms with E-state index in [1.54, 1.807) is 6.07 Å². The van der Waals surface area contributed by atoms with Crippen LogP contribution in [0.15, 0.2) is 53.4 Å². The Morgan fingerprint density at radius 1 is 1.10 bits per heavy atom. The minimum absolute atomic E-state index is 0.0874. The number of hydrogen-bond acceptors (Lipinski definition) is 4. The minimum Gasteiger partial charge on any atom is -0.494 e. The van der Waals surface area contributed by atoms with Crippen LogP contribution in [0.25, 0.3) is 0 Å². The van der Waals surface area contributed by atoms with Gasteiger partial charge in [0.25, 0.3) is 5.91 Å². The van der Waals surface area contributed by atoms with Crippen LogP contribution in [-0.4, -0.2) is 42.5 Å². The van der Waals surface area contributed by atoms with Crippen LogP contribution in [0, 0.1) is 6.92 Å². The Morgan fingerprint density at radius 3 is 2.48 bits per heavy atom. The van der Waals surface area contributed by atoms with Gasteiger partial charge in [0, 0.05) is 30.4 Å². The molecule has 1 aliphatic heterocycles. The first-order valence-electron chi connectivity index (χ1n) is 10.1. The van der Waals surface area contributed by atoms with Crippen molar-refractivity contribution >= 4 is 24.4 Å². The molecule has 6 heteroatoms. The summed E-state index contributed by atoms with van der Waals surface area (Å²) < 4.78 is 5.69. The molecule has 2 aromatic rings. The molecule has 0 bridgehead atoms. The molecule has 1 N–H and O–H groups in total. The largest absolute Gasteiger partial charge is 0.494 e. The zero-order chi connectivity index (χ0) is 20.6. The van der Waals surface area contributed by atoms with Gasteiger partial charge in [-0.05, 0) is 50.5 Å². The van der Waals surface area contributed by atoms with E-state index in [2.05, 4.69) is 17.9 Å². The average molecular weight is 413 g/mol. The van der Waals surface area contributed by atoms with Crippen molar-refractivity contribution in [2.24, 2.45) is 0 Å². The van der Waals surface area contributed by atoms with Crippen LogP contribution in [0.4, 0.5) is 0 Å². The number of nitrogens with zero attached hydrogens (tertiary/aromatic N) is 1. The normalized spacial score (nSPS) is 14.5. The molecular weight excluding hydrogens is 384 g/mol. The van der Waals surface area contributed by atoms with Gasteiger partial charge in [-0.3, -0.25) is 9.59 Å². The number of piperidine rings is 1. The van der Waals surface area contributed by atoms with Crippen LogP contribution in [0.2, 0.25) is 0 Å². The maximum atomic E-state index is 12.4. The van der Waals surface area contributed by atoms with Gasteiger partial charge in [-0.15, -0.1) is 12.6 Å². The lowest BCUT2D eigenvalue weighted by Crippen LogP contribution is -2.46. The second-order valence-electron chi connectivity index (χ2n) is 7.41. The molecule has 0 unspecified atom stereocenters. The molecule has 1 heterocycles. The summed E-state index contributed by atoms with van der Waals surface area (Å²) >= 11 is 4.34. The molecule has 154 valence electrons. The quantitative estimate of drug-likeness (QED) is 0.536. The van der Waals surface area contributed by atoms with E-state index in [-0.39, 0.29) is 17.9 Å². The number of hydrogen-bond donors (Lipinski definition) is 2. The Bertz CT molecular complexity index is 830. The van der Waals surface area contributed by atoms with E-state index in [1.165, 1.54) is 5.56 Å². The second kappa shape index (κ2) is 10.3. The van der Waals surface area contributed by atoms with E-state index in [0.29, 0.717) is 43.0 Å². The summed E-state index contributed by atoms with van der Waals surface area (Å²) in [5.74, 6) is 0.888. The fourth-order valence-electron chi connectivity index (χ4n) is 3.41. The van der Waals surface area contributed by atoms with Crippen molar-refractivity contribution in [2.45, 2.75) is 43.5 Å². The standard InChI is InChI=1S/C23H28N2O3S/c1-17-8-10-19(11-9-17)28-16-4-7-22(26)25-14-12-18(13-15-25)24-23(27)20-5-2-3-6-21(20)29/h2-3,5-6,8-11,18,29H,4,7,12-16H2,1H3,(H,24,27). The van der Waals surface area contributed by atoms with Crippen LogP contribution in [0.1, 0.15) is 41.6 Å². The third kappa shape index (κ3) is 6.26. The first kappa shape index (κ1) is 21.2. The van der Waals surface area contributed by atoms with E-state index < -0.39 is 0 Å². The Labute approximate surface area is 177 Å². The molecule has 0 aromatic heterocycles. The van der Waals surface area contributed by atoms with Crippen molar-refractivity contribution in [1.82, 2.24) is 10.2 Å². The molecule has 0 aliphatic carbocycles. The molecule has 0 saturated carbocycles. The molecule has 1 aliphatic rings. The molecule has 1 fully saturated rings. The van der Waals surface area contributed by atoms with Gasteiger partial charge in [-0.1, -0.05) is 29.8 Å². The number of carbonyl (C=O) groups excluding carboxylic acids is 2. The summed E-state index contributed by atoms with van der Waals surface area (Å²) in [5.41, 5.74) is 1.78. The Balaban J connectivity index is 1.35. The van der Waals surface area contributed by atoms with Crippen molar-refractivity contribution < 1.29 is 14.3 Å². The van der Waals surface area contributed by atoms with Gasteiger partial charge in [-0.2, -0.15) is 0 Å². The molecule has 1 saturated heterocycles. The highest BCUT2D eigenvalue weighted by molar-refractivity contribution is 7.80. The minimum atomic E-state index is -0.103. The number of carbonyl (C=O) groups is 2. The smallest absolute Gasteiger partial charge is 0.252 e. The van der Waals surface area contributed by atoms with Crippen molar-refractivity contribution in [1.29, 1.82) is 0 Å². The van der Waals surface area contributed by atoms with Gasteiger partial charge in [0.15, 0.2) is 0 Å². The highest BCUT2D eigenvalue weighted by Gasteiger charge is 2.24. The first-order chi connectivity index (χ1) is 14.0. The van der Waals surface area contributed by atoms with E-state index in [4.69, 9.17) is 4.74 Å². The third-order valence-electron chi connectivity index (χ3n) is 5.16. The van der Waals surface area contributed by atoms with Gasteiger partial charge < -0.3 is 15.0 Å². The molecule has 0 spiro atoms. The lowest BCUT2D eigenvalue weighted by atomic mass is 10.0. The predicted octanol–water partition coefficient (Wildman–Crippen LogP) is 3.86. The maximum Gasteiger partial charge on any atom is 0.252 e. The summed E-state index contributed by atoms with van der Waals surface area (Å²) in [6.45, 7) is 3.91. The zero-order valence-electron chi connectivity index (χ0n) is 16.8. The summed E-state index contributed by atoms with van der Waals surface area (Å²) in [6, 6.07) is 15.3. The van der Waals surface area contributed by atoms with E-state index >= 15 is 0 Å². The molecule has 0 atom stereocenters. The Kier molecular flexibility index (Phi) is 7.58. The lowest BCUT2D eigenvalue weighted by Gasteiger charge is -2.32. The number of thiol groups is 1. The Hall–Kier alpha value is -2.47. The SMILES string of the molecule is Cc1ccc(OCCCC(=O)N2CCC(NC(=O)c3ccccc3S)CC2)cc1. The Morgan fingerprint density at radius 2 is 1.79 bits per heavy atom. The number of amides is 2. The predicted molar refractivity (Wildman–Crippen MR) is 117 cm³/mol. The van der Waals surface area contributed by atoms with Crippen LogP contribution in [-0.2, 0) is 4.79 Å². The molecule has 5 nitrogen and oxygen atoms in total. The number of likely N-dealkylation sites (tertiary alicyclic amines) is 1. The van der Waals surface area contributed by atoms with Crippen molar-refractivity contribution in [2.75, 3.05) is 19.7 Å².